The fourth-order valence-electron chi connectivity index (χ4n) is 2.76. The molecule has 0 aliphatic carbocycles. The summed E-state index contributed by atoms with van der Waals surface area (Å²) in [6.07, 6.45) is 0.853. The molecule has 126 valence electrons. The van der Waals surface area contributed by atoms with Crippen LogP contribution in [0.1, 0.15) is 22.3 Å². The van der Waals surface area contributed by atoms with Crippen molar-refractivity contribution in [3.8, 4) is 11.3 Å². The van der Waals surface area contributed by atoms with Gasteiger partial charge in [0.2, 0.25) is 0 Å². The number of ketones is 1. The monoisotopic (exact) mass is 333 g/mol. The molecular weight excluding hydrogens is 314 g/mol. The minimum absolute atomic E-state index is 0.0468. The van der Waals surface area contributed by atoms with Gasteiger partial charge in [-0.2, -0.15) is 5.10 Å². The number of nitrogens with zero attached hydrogens (tertiary/aromatic N) is 2. The molecule has 2 aromatic carbocycles. The Bertz CT molecular complexity index is 948. The zero-order chi connectivity index (χ0) is 17.8. The molecule has 5 nitrogen and oxygen atoms in total. The molecule has 0 spiro atoms. The summed E-state index contributed by atoms with van der Waals surface area (Å²) in [5.74, 6) is -0.176. The molecule has 0 atom stereocenters. The average molecular weight is 333 g/mol. The molecule has 0 radical (unpaired) electrons. The van der Waals surface area contributed by atoms with Gasteiger partial charge in [0.15, 0.2) is 5.78 Å². The van der Waals surface area contributed by atoms with E-state index in [0.717, 1.165) is 11.1 Å². The first kappa shape index (κ1) is 16.6. The number of benzene rings is 2. The number of nitrogen functional groups attached to an aromatic ring is 1. The number of carbonyl (C=O) groups is 1. The van der Waals surface area contributed by atoms with Crippen LogP contribution in [-0.2, 0) is 13.5 Å². The molecule has 0 bridgehead atoms. The smallest absolute Gasteiger partial charge is 0.290 e. The topological polar surface area (TPSA) is 78.0 Å². The van der Waals surface area contributed by atoms with Crippen LogP contribution in [0, 0.1) is 0 Å². The first-order valence-electron chi connectivity index (χ1n) is 8.07. The van der Waals surface area contributed by atoms with Crippen LogP contribution in [-0.4, -0.2) is 15.6 Å². The van der Waals surface area contributed by atoms with Crippen LogP contribution in [0.4, 0.5) is 5.69 Å². The zero-order valence-corrected chi connectivity index (χ0v) is 14.0. The number of carbonyl (C=O) groups excluding carboxylic acids is 1. The van der Waals surface area contributed by atoms with Crippen LogP contribution in [0.15, 0.2) is 65.5 Å². The largest absolute Gasteiger partial charge is 0.394 e. The number of aryl methyl sites for hydroxylation is 2. The lowest BCUT2D eigenvalue weighted by molar-refractivity contribution is 0.0983. The number of nitrogens with two attached hydrogens (primary N) is 1. The van der Waals surface area contributed by atoms with Crippen molar-refractivity contribution in [2.75, 3.05) is 5.73 Å². The predicted octanol–water partition coefficient (Wildman–Crippen LogP) is 2.84. The Labute approximate surface area is 145 Å². The van der Waals surface area contributed by atoms with E-state index in [1.807, 2.05) is 60.7 Å². The predicted molar refractivity (Wildman–Crippen MR) is 98.4 cm³/mol. The van der Waals surface area contributed by atoms with Gasteiger partial charge in [0.1, 0.15) is 11.4 Å². The Kier molecular flexibility index (Phi) is 4.75. The third-order valence-electron chi connectivity index (χ3n) is 4.09. The number of rotatable bonds is 5. The van der Waals surface area contributed by atoms with E-state index in [1.165, 1.54) is 11.7 Å². The molecule has 3 rings (SSSR count). The summed E-state index contributed by atoms with van der Waals surface area (Å²) in [5, 5.41) is 4.28. The van der Waals surface area contributed by atoms with Gasteiger partial charge in [-0.05, 0) is 12.0 Å². The van der Waals surface area contributed by atoms with Crippen LogP contribution in [0.5, 0.6) is 0 Å². The van der Waals surface area contributed by atoms with E-state index in [9.17, 15) is 9.59 Å². The standard InChI is InChI=1S/C20H19N3O2/c1-23-20(25)18(21)17(19(22-23)15-10-6-3-7-11-15)16(24)13-12-14-8-4-2-5-9-14/h2-11H,12-13,21H2,1H3. The lowest BCUT2D eigenvalue weighted by Crippen LogP contribution is -2.27. The van der Waals surface area contributed by atoms with Gasteiger partial charge in [0, 0.05) is 19.0 Å². The number of anilines is 1. The summed E-state index contributed by atoms with van der Waals surface area (Å²) in [6, 6.07) is 19.0. The fraction of sp³-hybridized carbons (Fsp3) is 0.150. The number of hydrogen-bond donors (Lipinski definition) is 1. The zero-order valence-electron chi connectivity index (χ0n) is 14.0. The maximum Gasteiger partial charge on any atom is 0.290 e. The fourth-order valence-corrected chi connectivity index (χ4v) is 2.76. The lowest BCUT2D eigenvalue weighted by atomic mass is 9.97. The quantitative estimate of drug-likeness (QED) is 0.728. The maximum absolute atomic E-state index is 12.8. The van der Waals surface area contributed by atoms with Gasteiger partial charge in [-0.3, -0.25) is 9.59 Å². The Morgan fingerprint density at radius 1 is 1.04 bits per heavy atom. The first-order chi connectivity index (χ1) is 12.1. The molecule has 3 aromatic rings. The highest BCUT2D eigenvalue weighted by atomic mass is 16.1. The maximum atomic E-state index is 12.8. The number of aromatic nitrogens is 2. The second kappa shape index (κ2) is 7.13. The average Bonchev–Trinajstić information content (AvgIpc) is 2.65. The van der Waals surface area contributed by atoms with E-state index in [-0.39, 0.29) is 23.5 Å². The van der Waals surface area contributed by atoms with E-state index in [4.69, 9.17) is 5.73 Å². The van der Waals surface area contributed by atoms with Gasteiger partial charge in [-0.25, -0.2) is 4.68 Å². The second-order valence-corrected chi connectivity index (χ2v) is 5.84. The molecule has 0 aliphatic heterocycles. The van der Waals surface area contributed by atoms with Crippen molar-refractivity contribution in [1.82, 2.24) is 9.78 Å². The van der Waals surface area contributed by atoms with Crippen LogP contribution < -0.4 is 11.3 Å². The van der Waals surface area contributed by atoms with E-state index in [1.54, 1.807) is 0 Å². The van der Waals surface area contributed by atoms with Crippen LogP contribution in [0.3, 0.4) is 0 Å². The molecule has 25 heavy (non-hydrogen) atoms. The first-order valence-corrected chi connectivity index (χ1v) is 8.07. The van der Waals surface area contributed by atoms with E-state index in [0.29, 0.717) is 12.1 Å². The minimum atomic E-state index is -0.456. The van der Waals surface area contributed by atoms with Gasteiger partial charge in [-0.15, -0.1) is 0 Å². The number of hydrogen-bond acceptors (Lipinski definition) is 4. The third-order valence-corrected chi connectivity index (χ3v) is 4.09. The normalized spacial score (nSPS) is 10.6. The second-order valence-electron chi connectivity index (χ2n) is 5.84. The van der Waals surface area contributed by atoms with Crippen LogP contribution >= 0.6 is 0 Å². The molecule has 5 heteroatoms. The van der Waals surface area contributed by atoms with E-state index >= 15 is 0 Å². The molecule has 0 saturated heterocycles. The Morgan fingerprint density at radius 3 is 2.28 bits per heavy atom. The summed E-state index contributed by atoms with van der Waals surface area (Å²) in [5.41, 5.74) is 7.97. The van der Waals surface area contributed by atoms with Crippen molar-refractivity contribution in [1.29, 1.82) is 0 Å². The summed E-state index contributed by atoms with van der Waals surface area (Å²) in [6.45, 7) is 0. The molecular formula is C20H19N3O2. The van der Waals surface area contributed by atoms with Gasteiger partial charge in [0.25, 0.3) is 5.56 Å². The van der Waals surface area contributed by atoms with Gasteiger partial charge in [0.05, 0.1) is 5.56 Å². The van der Waals surface area contributed by atoms with Crippen molar-refractivity contribution in [3.63, 3.8) is 0 Å². The van der Waals surface area contributed by atoms with Crippen molar-refractivity contribution in [2.45, 2.75) is 12.8 Å². The Hall–Kier alpha value is -3.21. The van der Waals surface area contributed by atoms with Crippen molar-refractivity contribution >= 4 is 11.5 Å². The molecule has 0 fully saturated rings. The summed E-state index contributed by atoms with van der Waals surface area (Å²) in [4.78, 5) is 25.0. The SMILES string of the molecule is Cn1nc(-c2ccccc2)c(C(=O)CCc2ccccc2)c(N)c1=O. The van der Waals surface area contributed by atoms with Crippen molar-refractivity contribution in [3.05, 3.63) is 82.1 Å². The minimum Gasteiger partial charge on any atom is -0.394 e. The highest BCUT2D eigenvalue weighted by Crippen LogP contribution is 2.25. The molecule has 1 aromatic heterocycles. The van der Waals surface area contributed by atoms with Crippen molar-refractivity contribution in [2.24, 2.45) is 7.05 Å². The Morgan fingerprint density at radius 2 is 1.64 bits per heavy atom. The van der Waals surface area contributed by atoms with Crippen LogP contribution in [0.25, 0.3) is 11.3 Å². The molecule has 0 aliphatic rings. The van der Waals surface area contributed by atoms with E-state index < -0.39 is 5.56 Å². The van der Waals surface area contributed by atoms with Gasteiger partial charge >= 0.3 is 0 Å². The summed E-state index contributed by atoms with van der Waals surface area (Å²) >= 11 is 0. The molecule has 0 unspecified atom stereocenters. The molecule has 1 heterocycles. The molecule has 2 N–H and O–H groups in total. The van der Waals surface area contributed by atoms with Gasteiger partial charge in [-0.1, -0.05) is 60.7 Å². The lowest BCUT2D eigenvalue weighted by Gasteiger charge is -2.12. The third kappa shape index (κ3) is 3.50. The highest BCUT2D eigenvalue weighted by Gasteiger charge is 2.21. The number of Topliss-reactive ketones (excluding diaryl/α,β-unsaturated/α-hetero) is 1. The van der Waals surface area contributed by atoms with Crippen LogP contribution in [0.2, 0.25) is 0 Å². The summed E-state index contributed by atoms with van der Waals surface area (Å²) < 4.78 is 1.17. The van der Waals surface area contributed by atoms with Gasteiger partial charge < -0.3 is 5.73 Å². The summed E-state index contributed by atoms with van der Waals surface area (Å²) in [7, 11) is 1.53. The highest BCUT2D eigenvalue weighted by molar-refractivity contribution is 6.05. The van der Waals surface area contributed by atoms with Crippen molar-refractivity contribution < 1.29 is 4.79 Å². The Balaban J connectivity index is 2.00. The molecule has 0 saturated carbocycles. The molecule has 0 amide bonds. The van der Waals surface area contributed by atoms with E-state index in [2.05, 4.69) is 5.10 Å².